The van der Waals surface area contributed by atoms with Gasteiger partial charge in [-0.25, -0.2) is 9.97 Å². The SMILES string of the molecule is CN(CCN1CCOCC1)c1ccc2nc(C3CC3)nc(N3CCC(c4ccccc4N4CCC4)CC3)c2c1. The number of hydrogen-bond donors (Lipinski definition) is 0. The van der Waals surface area contributed by atoms with Crippen molar-refractivity contribution in [2.45, 2.75) is 43.9 Å². The summed E-state index contributed by atoms with van der Waals surface area (Å²) in [6.45, 7) is 10.3. The highest BCUT2D eigenvalue weighted by atomic mass is 16.5. The van der Waals surface area contributed by atoms with Gasteiger partial charge in [-0.05, 0) is 67.9 Å². The number of likely N-dealkylation sites (N-methyl/N-ethyl adjacent to an activating group) is 1. The third kappa shape index (κ3) is 5.31. The zero-order valence-corrected chi connectivity index (χ0v) is 23.4. The van der Waals surface area contributed by atoms with Gasteiger partial charge >= 0.3 is 0 Å². The zero-order valence-electron chi connectivity index (χ0n) is 23.4. The van der Waals surface area contributed by atoms with E-state index in [9.17, 15) is 0 Å². The summed E-state index contributed by atoms with van der Waals surface area (Å²) in [7, 11) is 2.21. The second-order valence-electron chi connectivity index (χ2n) is 11.9. The first-order valence-electron chi connectivity index (χ1n) is 15.1. The van der Waals surface area contributed by atoms with Crippen LogP contribution in [0.3, 0.4) is 0 Å². The van der Waals surface area contributed by atoms with Crippen LogP contribution in [-0.2, 0) is 4.74 Å². The molecule has 0 spiro atoms. The highest BCUT2D eigenvalue weighted by molar-refractivity contribution is 5.92. The van der Waals surface area contributed by atoms with E-state index in [1.807, 2.05) is 0 Å². The molecule has 1 aromatic heterocycles. The maximum absolute atomic E-state index is 5.52. The van der Waals surface area contributed by atoms with E-state index in [-0.39, 0.29) is 0 Å². The smallest absolute Gasteiger partial charge is 0.140 e. The monoisotopic (exact) mass is 526 g/mol. The summed E-state index contributed by atoms with van der Waals surface area (Å²) in [5.74, 6) is 3.37. The number of piperidine rings is 1. The van der Waals surface area contributed by atoms with Crippen LogP contribution in [0.25, 0.3) is 10.9 Å². The molecule has 7 nitrogen and oxygen atoms in total. The summed E-state index contributed by atoms with van der Waals surface area (Å²) in [5.41, 5.74) is 5.36. The van der Waals surface area contributed by atoms with E-state index >= 15 is 0 Å². The summed E-state index contributed by atoms with van der Waals surface area (Å²) in [4.78, 5) is 20.3. The Morgan fingerprint density at radius 1 is 0.846 bits per heavy atom. The number of aromatic nitrogens is 2. The number of morpholine rings is 1. The normalized spacial score (nSPS) is 20.8. The lowest BCUT2D eigenvalue weighted by Crippen LogP contribution is -2.40. The minimum atomic E-state index is 0.546. The Morgan fingerprint density at radius 2 is 1.64 bits per heavy atom. The van der Waals surface area contributed by atoms with Gasteiger partial charge in [0.1, 0.15) is 11.6 Å². The van der Waals surface area contributed by atoms with Crippen molar-refractivity contribution in [3.63, 3.8) is 0 Å². The Bertz CT molecular complexity index is 1290. The Balaban J connectivity index is 1.11. The van der Waals surface area contributed by atoms with Crippen molar-refractivity contribution >= 4 is 28.1 Å². The third-order valence-corrected chi connectivity index (χ3v) is 9.28. The van der Waals surface area contributed by atoms with Gasteiger partial charge in [-0.1, -0.05) is 18.2 Å². The van der Waals surface area contributed by atoms with Crippen molar-refractivity contribution in [2.75, 3.05) is 87.3 Å². The number of para-hydroxylation sites is 1. The Labute approximate surface area is 232 Å². The standard InChI is InChI=1S/C32H42N6O/c1-35(17-18-36-19-21-39-22-20-36)26-9-10-29-28(23-26)32(34-31(33-29)25-7-8-25)38-15-11-24(12-16-38)27-5-2-3-6-30(27)37-13-4-14-37/h2-3,5-6,9-10,23-25H,4,7-8,11-22H2,1H3. The van der Waals surface area contributed by atoms with Crippen LogP contribution in [0.5, 0.6) is 0 Å². The Hall–Kier alpha value is -2.90. The van der Waals surface area contributed by atoms with Crippen molar-refractivity contribution in [3.8, 4) is 0 Å². The molecule has 2 aromatic carbocycles. The van der Waals surface area contributed by atoms with Crippen LogP contribution in [0.15, 0.2) is 42.5 Å². The molecule has 0 atom stereocenters. The number of ether oxygens (including phenoxy) is 1. The molecular formula is C32H42N6O. The molecule has 7 heteroatoms. The van der Waals surface area contributed by atoms with Gasteiger partial charge in [0.15, 0.2) is 0 Å². The highest BCUT2D eigenvalue weighted by Crippen LogP contribution is 2.42. The van der Waals surface area contributed by atoms with Gasteiger partial charge in [-0.2, -0.15) is 0 Å². The highest BCUT2D eigenvalue weighted by Gasteiger charge is 2.31. The summed E-state index contributed by atoms with van der Waals surface area (Å²) in [6.07, 6.45) is 6.12. The first kappa shape index (κ1) is 25.1. The maximum Gasteiger partial charge on any atom is 0.140 e. The quantitative estimate of drug-likeness (QED) is 0.415. The second-order valence-corrected chi connectivity index (χ2v) is 11.9. The van der Waals surface area contributed by atoms with Crippen molar-refractivity contribution in [2.24, 2.45) is 0 Å². The molecule has 4 fully saturated rings. The third-order valence-electron chi connectivity index (χ3n) is 9.28. The summed E-state index contributed by atoms with van der Waals surface area (Å²) < 4.78 is 5.52. The molecule has 0 amide bonds. The van der Waals surface area contributed by atoms with Gasteiger partial charge < -0.3 is 19.4 Å². The number of rotatable bonds is 8. The van der Waals surface area contributed by atoms with E-state index in [1.165, 1.54) is 62.0 Å². The van der Waals surface area contributed by atoms with Crippen LogP contribution >= 0.6 is 0 Å². The molecule has 0 radical (unpaired) electrons. The van der Waals surface area contributed by atoms with E-state index < -0.39 is 0 Å². The van der Waals surface area contributed by atoms with Gasteiger partial charge in [-0.3, -0.25) is 4.90 Å². The molecular weight excluding hydrogens is 484 g/mol. The van der Waals surface area contributed by atoms with Gasteiger partial charge in [0.2, 0.25) is 0 Å². The zero-order chi connectivity index (χ0) is 26.2. The number of hydrogen-bond acceptors (Lipinski definition) is 7. The fraction of sp³-hybridized carbons (Fsp3) is 0.562. The summed E-state index contributed by atoms with van der Waals surface area (Å²) in [5, 5.41) is 1.20. The largest absolute Gasteiger partial charge is 0.379 e. The van der Waals surface area contributed by atoms with Crippen molar-refractivity contribution in [3.05, 3.63) is 53.9 Å². The van der Waals surface area contributed by atoms with Crippen molar-refractivity contribution in [1.82, 2.24) is 14.9 Å². The second kappa shape index (κ2) is 10.9. The van der Waals surface area contributed by atoms with Crippen LogP contribution in [0.1, 0.15) is 55.3 Å². The minimum Gasteiger partial charge on any atom is -0.379 e. The number of fused-ring (bicyclic) bond motifs is 1. The Kier molecular flexibility index (Phi) is 7.03. The van der Waals surface area contributed by atoms with Crippen LogP contribution in [0.4, 0.5) is 17.2 Å². The minimum absolute atomic E-state index is 0.546. The van der Waals surface area contributed by atoms with Crippen molar-refractivity contribution < 1.29 is 4.74 Å². The summed E-state index contributed by atoms with van der Waals surface area (Å²) in [6, 6.07) is 15.9. The van der Waals surface area contributed by atoms with E-state index in [1.54, 1.807) is 5.56 Å². The van der Waals surface area contributed by atoms with Gasteiger partial charge in [0, 0.05) is 82.1 Å². The lowest BCUT2D eigenvalue weighted by Gasteiger charge is -2.39. The average Bonchev–Trinajstić information content (AvgIpc) is 3.81. The van der Waals surface area contributed by atoms with E-state index in [2.05, 4.69) is 69.1 Å². The van der Waals surface area contributed by atoms with Crippen LogP contribution in [0, 0.1) is 0 Å². The number of nitrogens with zero attached hydrogens (tertiary/aromatic N) is 6. The van der Waals surface area contributed by atoms with Gasteiger partial charge in [-0.15, -0.1) is 0 Å². The number of anilines is 3. The van der Waals surface area contributed by atoms with E-state index in [0.717, 1.165) is 69.6 Å². The first-order chi connectivity index (χ1) is 19.2. The molecule has 7 rings (SSSR count). The fourth-order valence-corrected chi connectivity index (χ4v) is 6.45. The average molecular weight is 527 g/mol. The van der Waals surface area contributed by atoms with E-state index in [4.69, 9.17) is 14.7 Å². The summed E-state index contributed by atoms with van der Waals surface area (Å²) >= 11 is 0. The van der Waals surface area contributed by atoms with Crippen LogP contribution in [-0.4, -0.2) is 87.5 Å². The molecule has 0 bridgehead atoms. The molecule has 1 aliphatic carbocycles. The lowest BCUT2D eigenvalue weighted by molar-refractivity contribution is 0.0393. The molecule has 39 heavy (non-hydrogen) atoms. The van der Waals surface area contributed by atoms with Crippen LogP contribution in [0.2, 0.25) is 0 Å². The molecule has 1 saturated carbocycles. The lowest BCUT2D eigenvalue weighted by atomic mass is 9.87. The molecule has 206 valence electrons. The topological polar surface area (TPSA) is 48.0 Å². The maximum atomic E-state index is 5.52. The molecule has 3 aromatic rings. The first-order valence-corrected chi connectivity index (χ1v) is 15.1. The predicted molar refractivity (Wildman–Crippen MR) is 160 cm³/mol. The van der Waals surface area contributed by atoms with Crippen LogP contribution < -0.4 is 14.7 Å². The Morgan fingerprint density at radius 3 is 2.38 bits per heavy atom. The van der Waals surface area contributed by atoms with Gasteiger partial charge in [0.05, 0.1) is 18.7 Å². The molecule has 3 saturated heterocycles. The molecule has 0 N–H and O–H groups in total. The molecule has 3 aliphatic heterocycles. The van der Waals surface area contributed by atoms with Gasteiger partial charge in [0.25, 0.3) is 0 Å². The van der Waals surface area contributed by atoms with E-state index in [0.29, 0.717) is 11.8 Å². The number of benzene rings is 2. The van der Waals surface area contributed by atoms with Crippen molar-refractivity contribution in [1.29, 1.82) is 0 Å². The molecule has 4 aliphatic rings. The molecule has 0 unspecified atom stereocenters. The molecule has 4 heterocycles. The fourth-order valence-electron chi connectivity index (χ4n) is 6.45. The predicted octanol–water partition coefficient (Wildman–Crippen LogP) is 4.87.